The summed E-state index contributed by atoms with van der Waals surface area (Å²) < 4.78 is 0. The minimum Gasteiger partial charge on any atom is -0.366 e. The molecule has 0 spiro atoms. The average Bonchev–Trinajstić information content (AvgIpc) is 2.19. The first-order valence-electron chi connectivity index (χ1n) is 4.43. The molecule has 0 aromatic heterocycles. The molecule has 0 bridgehead atoms. The van der Waals surface area contributed by atoms with Gasteiger partial charge >= 0.3 is 0 Å². The first-order chi connectivity index (χ1) is 6.72. The van der Waals surface area contributed by atoms with Crippen molar-refractivity contribution in [1.82, 2.24) is 10.6 Å². The maximum atomic E-state index is 4.96. The average molecular weight is 206 g/mol. The highest BCUT2D eigenvalue weighted by Gasteiger charge is 1.97. The third-order valence-electron chi connectivity index (χ3n) is 1.78. The van der Waals surface area contributed by atoms with E-state index in [-0.39, 0.29) is 0 Å². The number of thiocarbonyl (C=S) groups is 1. The van der Waals surface area contributed by atoms with Gasteiger partial charge in [0.25, 0.3) is 0 Å². The SMILES string of the molecule is C=C(Cc1ccccc1)NC(=S)NC. The van der Waals surface area contributed by atoms with Crippen LogP contribution in [0.1, 0.15) is 5.56 Å². The number of hydrogen-bond acceptors (Lipinski definition) is 1. The lowest BCUT2D eigenvalue weighted by Gasteiger charge is -2.09. The second-order valence-electron chi connectivity index (χ2n) is 2.97. The highest BCUT2D eigenvalue weighted by molar-refractivity contribution is 7.80. The summed E-state index contributed by atoms with van der Waals surface area (Å²) >= 11 is 4.96. The van der Waals surface area contributed by atoms with Crippen LogP contribution in [0.25, 0.3) is 0 Å². The van der Waals surface area contributed by atoms with E-state index in [1.165, 1.54) is 5.56 Å². The fraction of sp³-hybridized carbons (Fsp3) is 0.182. The Kier molecular flexibility index (Phi) is 4.13. The van der Waals surface area contributed by atoms with Crippen molar-refractivity contribution in [2.75, 3.05) is 7.05 Å². The largest absolute Gasteiger partial charge is 0.366 e. The summed E-state index contributed by atoms with van der Waals surface area (Å²) in [6, 6.07) is 10.2. The smallest absolute Gasteiger partial charge is 0.170 e. The van der Waals surface area contributed by atoms with Crippen LogP contribution in [-0.2, 0) is 6.42 Å². The van der Waals surface area contributed by atoms with Gasteiger partial charge in [-0.1, -0.05) is 36.9 Å². The van der Waals surface area contributed by atoms with Gasteiger partial charge < -0.3 is 10.6 Å². The molecule has 0 unspecified atom stereocenters. The summed E-state index contributed by atoms with van der Waals surface area (Å²) in [5.41, 5.74) is 2.12. The monoisotopic (exact) mass is 206 g/mol. The molecule has 0 saturated carbocycles. The number of nitrogens with one attached hydrogen (secondary N) is 2. The summed E-state index contributed by atoms with van der Waals surface area (Å²) in [5.74, 6) is 0. The summed E-state index contributed by atoms with van der Waals surface area (Å²) in [6.45, 7) is 3.90. The van der Waals surface area contributed by atoms with Crippen LogP contribution in [0.3, 0.4) is 0 Å². The number of benzene rings is 1. The Bertz CT molecular complexity index is 319. The minimum absolute atomic E-state index is 0.603. The third kappa shape index (κ3) is 3.58. The number of rotatable bonds is 3. The molecule has 0 saturated heterocycles. The normalized spacial score (nSPS) is 9.21. The molecule has 0 radical (unpaired) electrons. The standard InChI is InChI=1S/C11H14N2S/c1-9(13-11(14)12-2)8-10-6-4-3-5-7-10/h3-7H,1,8H2,2H3,(H2,12,13,14). The molecule has 0 atom stereocenters. The van der Waals surface area contributed by atoms with Gasteiger partial charge in [0.1, 0.15) is 0 Å². The molecule has 0 amide bonds. The van der Waals surface area contributed by atoms with Gasteiger partial charge in [-0.05, 0) is 17.8 Å². The van der Waals surface area contributed by atoms with E-state index in [9.17, 15) is 0 Å². The summed E-state index contributed by atoms with van der Waals surface area (Å²) in [5, 5.41) is 6.45. The van der Waals surface area contributed by atoms with Crippen LogP contribution >= 0.6 is 12.2 Å². The van der Waals surface area contributed by atoms with Crippen LogP contribution in [-0.4, -0.2) is 12.2 Å². The van der Waals surface area contributed by atoms with E-state index in [0.29, 0.717) is 5.11 Å². The van der Waals surface area contributed by atoms with Gasteiger partial charge in [0.15, 0.2) is 5.11 Å². The van der Waals surface area contributed by atoms with Gasteiger partial charge in [-0.3, -0.25) is 0 Å². The molecule has 0 aliphatic carbocycles. The van der Waals surface area contributed by atoms with Crippen molar-refractivity contribution >= 4 is 17.3 Å². The molecule has 14 heavy (non-hydrogen) atoms. The van der Waals surface area contributed by atoms with Crippen LogP contribution in [0, 0.1) is 0 Å². The Balaban J connectivity index is 2.46. The van der Waals surface area contributed by atoms with Gasteiger partial charge in [-0.2, -0.15) is 0 Å². The Hall–Kier alpha value is -1.35. The zero-order valence-electron chi connectivity index (χ0n) is 8.21. The summed E-state index contributed by atoms with van der Waals surface area (Å²) in [6.07, 6.45) is 0.794. The maximum absolute atomic E-state index is 4.96. The van der Waals surface area contributed by atoms with Crippen LogP contribution in [0.5, 0.6) is 0 Å². The minimum atomic E-state index is 0.603. The molecule has 1 rings (SSSR count). The first kappa shape index (κ1) is 10.7. The van der Waals surface area contributed by atoms with E-state index < -0.39 is 0 Å². The van der Waals surface area contributed by atoms with E-state index in [1.54, 1.807) is 7.05 Å². The number of allylic oxidation sites excluding steroid dienone is 1. The number of hydrogen-bond donors (Lipinski definition) is 2. The molecule has 0 fully saturated rings. The Morgan fingerprint density at radius 1 is 1.36 bits per heavy atom. The zero-order chi connectivity index (χ0) is 10.4. The lowest BCUT2D eigenvalue weighted by atomic mass is 10.1. The van der Waals surface area contributed by atoms with E-state index >= 15 is 0 Å². The molecule has 0 aliphatic heterocycles. The van der Waals surface area contributed by atoms with Gasteiger partial charge in [-0.15, -0.1) is 0 Å². The lowest BCUT2D eigenvalue weighted by Crippen LogP contribution is -2.32. The first-order valence-corrected chi connectivity index (χ1v) is 4.83. The fourth-order valence-corrected chi connectivity index (χ4v) is 1.25. The molecular formula is C11H14N2S. The molecule has 3 heteroatoms. The van der Waals surface area contributed by atoms with Crippen molar-refractivity contribution < 1.29 is 0 Å². The second-order valence-corrected chi connectivity index (χ2v) is 3.38. The van der Waals surface area contributed by atoms with Crippen molar-refractivity contribution in [2.45, 2.75) is 6.42 Å². The fourth-order valence-electron chi connectivity index (χ4n) is 1.11. The Morgan fingerprint density at radius 2 is 2.00 bits per heavy atom. The molecule has 1 aromatic rings. The third-order valence-corrected chi connectivity index (χ3v) is 2.08. The van der Waals surface area contributed by atoms with Crippen LogP contribution in [0.15, 0.2) is 42.6 Å². The highest BCUT2D eigenvalue weighted by Crippen LogP contribution is 2.03. The van der Waals surface area contributed by atoms with Crippen molar-refractivity contribution in [3.05, 3.63) is 48.2 Å². The van der Waals surface area contributed by atoms with Crippen molar-refractivity contribution in [3.8, 4) is 0 Å². The zero-order valence-corrected chi connectivity index (χ0v) is 9.03. The van der Waals surface area contributed by atoms with E-state index in [2.05, 4.69) is 29.3 Å². The molecule has 2 N–H and O–H groups in total. The van der Waals surface area contributed by atoms with E-state index in [0.717, 1.165) is 12.1 Å². The Morgan fingerprint density at radius 3 is 2.57 bits per heavy atom. The van der Waals surface area contributed by atoms with Crippen LogP contribution in [0.4, 0.5) is 0 Å². The Labute approximate surface area is 90.0 Å². The van der Waals surface area contributed by atoms with Gasteiger partial charge in [0.05, 0.1) is 0 Å². The second kappa shape index (κ2) is 5.40. The van der Waals surface area contributed by atoms with Crippen molar-refractivity contribution in [2.24, 2.45) is 0 Å². The van der Waals surface area contributed by atoms with Crippen LogP contribution < -0.4 is 10.6 Å². The maximum Gasteiger partial charge on any atom is 0.170 e. The summed E-state index contributed by atoms with van der Waals surface area (Å²) in [4.78, 5) is 0. The van der Waals surface area contributed by atoms with Gasteiger partial charge in [-0.25, -0.2) is 0 Å². The predicted molar refractivity (Wildman–Crippen MR) is 64.1 cm³/mol. The highest BCUT2D eigenvalue weighted by atomic mass is 32.1. The molecule has 1 aromatic carbocycles. The lowest BCUT2D eigenvalue weighted by molar-refractivity contribution is 0.982. The van der Waals surface area contributed by atoms with Crippen LogP contribution in [0.2, 0.25) is 0 Å². The van der Waals surface area contributed by atoms with E-state index in [1.807, 2.05) is 18.2 Å². The molecule has 0 heterocycles. The molecule has 74 valence electrons. The van der Waals surface area contributed by atoms with Crippen molar-refractivity contribution in [1.29, 1.82) is 0 Å². The molecular weight excluding hydrogens is 192 g/mol. The molecule has 0 aliphatic rings. The molecule has 2 nitrogen and oxygen atoms in total. The summed E-state index contributed by atoms with van der Waals surface area (Å²) in [7, 11) is 1.78. The van der Waals surface area contributed by atoms with Gasteiger partial charge in [0, 0.05) is 19.2 Å². The van der Waals surface area contributed by atoms with E-state index in [4.69, 9.17) is 12.2 Å². The predicted octanol–water partition coefficient (Wildman–Crippen LogP) is 1.84. The quantitative estimate of drug-likeness (QED) is 0.738. The van der Waals surface area contributed by atoms with Crippen molar-refractivity contribution in [3.63, 3.8) is 0 Å². The van der Waals surface area contributed by atoms with Gasteiger partial charge in [0.2, 0.25) is 0 Å². The topological polar surface area (TPSA) is 24.1 Å².